The second kappa shape index (κ2) is 6.54. The van der Waals surface area contributed by atoms with Crippen LogP contribution < -0.4 is 9.47 Å². The highest BCUT2D eigenvalue weighted by Gasteiger charge is 2.38. The monoisotopic (exact) mass is 384 g/mol. The van der Waals surface area contributed by atoms with Crippen LogP contribution in [0.3, 0.4) is 0 Å². The lowest BCUT2D eigenvalue weighted by Crippen LogP contribution is -2.33. The highest BCUT2D eigenvalue weighted by molar-refractivity contribution is 7.10. The molecule has 1 aliphatic heterocycles. The third-order valence-electron chi connectivity index (χ3n) is 5.40. The first-order chi connectivity index (χ1) is 13.7. The zero-order valence-electron chi connectivity index (χ0n) is 15.8. The zero-order chi connectivity index (χ0) is 19.1. The Morgan fingerprint density at radius 3 is 2.54 bits per heavy atom. The van der Waals surface area contributed by atoms with Gasteiger partial charge in [-0.15, -0.1) is 11.3 Å². The Bertz CT molecular complexity index is 1170. The lowest BCUT2D eigenvalue weighted by Gasteiger charge is -2.36. The fourth-order valence-electron chi connectivity index (χ4n) is 3.94. The highest BCUT2D eigenvalue weighted by atomic mass is 32.1. The van der Waals surface area contributed by atoms with Crippen LogP contribution in [0.2, 0.25) is 0 Å². The number of aryl methyl sites for hydroxylation is 1. The molecule has 1 unspecified atom stereocenters. The standard InChI is InChI=1S/C25H20O2S/c1-17-16-18-6-3-4-7-22(18)24-21(17)13-14-25(27-24,23-8-5-15-28-23)19-9-11-20(26-2)12-10-19/h3-16H,1-2H3. The van der Waals surface area contributed by atoms with Crippen LogP contribution in [0.25, 0.3) is 16.8 Å². The molecule has 0 bridgehead atoms. The van der Waals surface area contributed by atoms with E-state index in [1.165, 1.54) is 10.9 Å². The maximum Gasteiger partial charge on any atom is 0.187 e. The summed E-state index contributed by atoms with van der Waals surface area (Å²) in [5.74, 6) is 1.79. The maximum atomic E-state index is 6.90. The van der Waals surface area contributed by atoms with Crippen molar-refractivity contribution in [1.82, 2.24) is 0 Å². The van der Waals surface area contributed by atoms with E-state index in [4.69, 9.17) is 9.47 Å². The molecule has 2 heterocycles. The summed E-state index contributed by atoms with van der Waals surface area (Å²) in [5.41, 5.74) is 2.81. The van der Waals surface area contributed by atoms with Crippen LogP contribution in [0.15, 0.2) is 78.2 Å². The molecule has 138 valence electrons. The first-order valence-corrected chi connectivity index (χ1v) is 10.2. The summed E-state index contributed by atoms with van der Waals surface area (Å²) in [4.78, 5) is 1.16. The van der Waals surface area contributed by atoms with Crippen molar-refractivity contribution in [2.75, 3.05) is 7.11 Å². The van der Waals surface area contributed by atoms with Crippen molar-refractivity contribution in [3.63, 3.8) is 0 Å². The van der Waals surface area contributed by atoms with Crippen molar-refractivity contribution >= 4 is 28.2 Å². The van der Waals surface area contributed by atoms with E-state index in [9.17, 15) is 0 Å². The van der Waals surface area contributed by atoms with Crippen molar-refractivity contribution in [2.45, 2.75) is 12.5 Å². The van der Waals surface area contributed by atoms with E-state index in [1.807, 2.05) is 12.1 Å². The first-order valence-electron chi connectivity index (χ1n) is 9.30. The predicted octanol–water partition coefficient (Wildman–Crippen LogP) is 6.57. The molecule has 0 saturated heterocycles. The molecule has 0 radical (unpaired) electrons. The van der Waals surface area contributed by atoms with Gasteiger partial charge in [0.2, 0.25) is 0 Å². The third-order valence-corrected chi connectivity index (χ3v) is 6.39. The summed E-state index contributed by atoms with van der Waals surface area (Å²) in [7, 11) is 1.69. The van der Waals surface area contributed by atoms with Crippen LogP contribution in [-0.2, 0) is 5.60 Å². The number of fused-ring (bicyclic) bond motifs is 3. The highest BCUT2D eigenvalue weighted by Crippen LogP contribution is 2.47. The number of thiophene rings is 1. The van der Waals surface area contributed by atoms with E-state index in [-0.39, 0.29) is 0 Å². The lowest BCUT2D eigenvalue weighted by molar-refractivity contribution is 0.167. The average Bonchev–Trinajstić information content (AvgIpc) is 3.29. The molecule has 1 aliphatic rings. The predicted molar refractivity (Wildman–Crippen MR) is 116 cm³/mol. The molecule has 0 fully saturated rings. The summed E-state index contributed by atoms with van der Waals surface area (Å²) >= 11 is 1.71. The van der Waals surface area contributed by atoms with E-state index in [0.29, 0.717) is 0 Å². The van der Waals surface area contributed by atoms with E-state index in [0.717, 1.165) is 32.9 Å². The van der Waals surface area contributed by atoms with Gasteiger partial charge in [0.15, 0.2) is 5.60 Å². The van der Waals surface area contributed by atoms with E-state index in [2.05, 4.69) is 79.1 Å². The van der Waals surface area contributed by atoms with Gasteiger partial charge in [0.1, 0.15) is 11.5 Å². The summed E-state index contributed by atoms with van der Waals surface area (Å²) in [6, 6.07) is 23.0. The van der Waals surface area contributed by atoms with Gasteiger partial charge in [0, 0.05) is 16.5 Å². The summed E-state index contributed by atoms with van der Waals surface area (Å²) in [5, 5.41) is 4.44. The van der Waals surface area contributed by atoms with Gasteiger partial charge in [-0.1, -0.05) is 54.6 Å². The number of hydrogen-bond acceptors (Lipinski definition) is 3. The molecule has 3 heteroatoms. The minimum Gasteiger partial charge on any atom is -0.497 e. The fraction of sp³-hybridized carbons (Fsp3) is 0.120. The molecule has 3 aromatic carbocycles. The van der Waals surface area contributed by atoms with Crippen LogP contribution in [0.5, 0.6) is 11.5 Å². The van der Waals surface area contributed by atoms with Gasteiger partial charge in [0.05, 0.1) is 12.0 Å². The quantitative estimate of drug-likeness (QED) is 0.398. The van der Waals surface area contributed by atoms with Gasteiger partial charge < -0.3 is 9.47 Å². The average molecular weight is 385 g/mol. The van der Waals surface area contributed by atoms with Crippen molar-refractivity contribution in [2.24, 2.45) is 0 Å². The number of hydrogen-bond donors (Lipinski definition) is 0. The summed E-state index contributed by atoms with van der Waals surface area (Å²) in [6.45, 7) is 2.14. The van der Waals surface area contributed by atoms with Crippen LogP contribution in [-0.4, -0.2) is 7.11 Å². The third kappa shape index (κ3) is 2.54. The van der Waals surface area contributed by atoms with Crippen LogP contribution in [0.1, 0.15) is 21.6 Å². The van der Waals surface area contributed by atoms with Gasteiger partial charge in [-0.25, -0.2) is 0 Å². The Morgan fingerprint density at radius 2 is 1.79 bits per heavy atom. The molecule has 0 spiro atoms. The molecule has 0 saturated carbocycles. The lowest BCUT2D eigenvalue weighted by atomic mass is 9.87. The van der Waals surface area contributed by atoms with Gasteiger partial charge in [-0.05, 0) is 47.5 Å². The Kier molecular flexibility index (Phi) is 3.99. The van der Waals surface area contributed by atoms with Crippen LogP contribution >= 0.6 is 11.3 Å². The van der Waals surface area contributed by atoms with Crippen molar-refractivity contribution < 1.29 is 9.47 Å². The van der Waals surface area contributed by atoms with Gasteiger partial charge >= 0.3 is 0 Å². The minimum atomic E-state index is -0.649. The topological polar surface area (TPSA) is 18.5 Å². The molecular weight excluding hydrogens is 364 g/mol. The van der Waals surface area contributed by atoms with Gasteiger partial charge in [0.25, 0.3) is 0 Å². The number of ether oxygens (including phenoxy) is 2. The zero-order valence-corrected chi connectivity index (χ0v) is 16.6. The molecule has 0 aliphatic carbocycles. The largest absolute Gasteiger partial charge is 0.497 e. The summed E-state index contributed by atoms with van der Waals surface area (Å²) < 4.78 is 12.3. The van der Waals surface area contributed by atoms with Crippen molar-refractivity contribution in [3.05, 3.63) is 99.8 Å². The molecule has 1 atom stereocenters. The molecule has 1 aromatic heterocycles. The second-order valence-electron chi connectivity index (χ2n) is 7.03. The van der Waals surface area contributed by atoms with Crippen molar-refractivity contribution in [1.29, 1.82) is 0 Å². The van der Waals surface area contributed by atoms with E-state index < -0.39 is 5.60 Å². The molecular formula is C25H20O2S. The smallest absolute Gasteiger partial charge is 0.187 e. The summed E-state index contributed by atoms with van der Waals surface area (Å²) in [6.07, 6.45) is 4.40. The first kappa shape index (κ1) is 17.1. The van der Waals surface area contributed by atoms with Crippen LogP contribution in [0.4, 0.5) is 0 Å². The number of benzene rings is 3. The van der Waals surface area contributed by atoms with Gasteiger partial charge in [-0.3, -0.25) is 0 Å². The fourth-order valence-corrected chi connectivity index (χ4v) is 4.80. The minimum absolute atomic E-state index is 0.649. The Balaban J connectivity index is 1.76. The Morgan fingerprint density at radius 1 is 0.964 bits per heavy atom. The SMILES string of the molecule is COc1ccc(C2(c3cccs3)C=Cc3c(C)cc4ccccc4c3O2)cc1. The Hall–Kier alpha value is -3.04. The second-order valence-corrected chi connectivity index (χ2v) is 7.98. The number of rotatable bonds is 3. The normalized spacial score (nSPS) is 17.9. The van der Waals surface area contributed by atoms with Crippen LogP contribution in [0, 0.1) is 6.92 Å². The molecule has 2 nitrogen and oxygen atoms in total. The van der Waals surface area contributed by atoms with Crippen molar-refractivity contribution in [3.8, 4) is 11.5 Å². The molecule has 28 heavy (non-hydrogen) atoms. The molecule has 0 amide bonds. The molecule has 0 N–H and O–H groups in total. The van der Waals surface area contributed by atoms with Gasteiger partial charge in [-0.2, -0.15) is 0 Å². The molecule has 5 rings (SSSR count). The van der Waals surface area contributed by atoms with E-state index in [1.54, 1.807) is 18.4 Å². The molecule has 4 aromatic rings. The Labute approximate surface area is 168 Å². The van der Waals surface area contributed by atoms with E-state index >= 15 is 0 Å². The maximum absolute atomic E-state index is 6.90. The number of methoxy groups -OCH3 is 1.